The number of hydrogen-bond donors (Lipinski definition) is 4. The summed E-state index contributed by atoms with van der Waals surface area (Å²) >= 11 is 1.29. The van der Waals surface area contributed by atoms with E-state index in [-0.39, 0.29) is 17.7 Å². The zero-order valence-electron chi connectivity index (χ0n) is 9.90. The molecular weight excluding hydrogens is 244 g/mol. The standard InChI is InChI=1S/C8H16N6O2S/c1-14(2)7(10)12-6(9)13-8(16)11-5(15)4-17-3/h4H2,1-3H3,(H5,9,10,11,12,13,15,16). The van der Waals surface area contributed by atoms with Crippen molar-refractivity contribution in [3.8, 4) is 0 Å². The van der Waals surface area contributed by atoms with Crippen LogP contribution in [0.3, 0.4) is 0 Å². The predicted octanol–water partition coefficient (Wildman–Crippen LogP) is -1.01. The molecule has 0 aromatic carbocycles. The number of carbonyl (C=O) groups is 2. The second kappa shape index (κ2) is 7.49. The van der Waals surface area contributed by atoms with Crippen LogP contribution in [0.1, 0.15) is 0 Å². The molecule has 0 bridgehead atoms. The first-order chi connectivity index (χ1) is 7.86. The summed E-state index contributed by atoms with van der Waals surface area (Å²) in [4.78, 5) is 27.2. The van der Waals surface area contributed by atoms with Crippen molar-refractivity contribution in [1.29, 1.82) is 5.41 Å². The first-order valence-electron chi connectivity index (χ1n) is 4.56. The van der Waals surface area contributed by atoms with E-state index in [1.807, 2.05) is 0 Å². The monoisotopic (exact) mass is 260 g/mol. The van der Waals surface area contributed by atoms with Crippen LogP contribution >= 0.6 is 11.8 Å². The van der Waals surface area contributed by atoms with Crippen LogP contribution in [0.5, 0.6) is 0 Å². The first-order valence-corrected chi connectivity index (χ1v) is 5.96. The molecule has 0 aliphatic rings. The van der Waals surface area contributed by atoms with E-state index in [4.69, 9.17) is 11.1 Å². The van der Waals surface area contributed by atoms with E-state index in [1.54, 1.807) is 20.4 Å². The fraction of sp³-hybridized carbons (Fsp3) is 0.500. The maximum absolute atomic E-state index is 11.2. The van der Waals surface area contributed by atoms with Crippen LogP contribution in [-0.2, 0) is 4.79 Å². The molecule has 0 saturated carbocycles. The van der Waals surface area contributed by atoms with E-state index in [0.29, 0.717) is 0 Å². The van der Waals surface area contributed by atoms with Gasteiger partial charge in [0.15, 0.2) is 0 Å². The molecule has 0 spiro atoms. The van der Waals surface area contributed by atoms with Crippen molar-refractivity contribution < 1.29 is 9.59 Å². The lowest BCUT2D eigenvalue weighted by atomic mass is 10.7. The van der Waals surface area contributed by atoms with Crippen LogP contribution in [0.2, 0.25) is 0 Å². The average molecular weight is 260 g/mol. The quantitative estimate of drug-likeness (QED) is 0.374. The molecule has 0 heterocycles. The predicted molar refractivity (Wildman–Crippen MR) is 68.1 cm³/mol. The van der Waals surface area contributed by atoms with Gasteiger partial charge in [0, 0.05) is 14.1 Å². The molecule has 0 radical (unpaired) electrons. The number of nitrogens with two attached hydrogens (primary N) is 1. The largest absolute Gasteiger partial charge is 0.369 e. The highest BCUT2D eigenvalue weighted by molar-refractivity contribution is 7.99. The average Bonchev–Trinajstić information content (AvgIpc) is 2.16. The van der Waals surface area contributed by atoms with E-state index in [1.165, 1.54) is 16.7 Å². The fourth-order valence-electron chi connectivity index (χ4n) is 0.683. The number of nitrogens with zero attached hydrogens (tertiary/aromatic N) is 2. The van der Waals surface area contributed by atoms with Gasteiger partial charge in [-0.15, -0.1) is 0 Å². The Hall–Kier alpha value is -1.77. The Bertz CT molecular complexity index is 341. The Balaban J connectivity index is 4.21. The van der Waals surface area contributed by atoms with Crippen molar-refractivity contribution in [3.63, 3.8) is 0 Å². The fourth-order valence-corrected chi connectivity index (χ4v) is 1.02. The highest BCUT2D eigenvalue weighted by Gasteiger charge is 2.08. The summed E-state index contributed by atoms with van der Waals surface area (Å²) in [6.07, 6.45) is 1.74. The smallest absolute Gasteiger partial charge is 0.328 e. The van der Waals surface area contributed by atoms with Crippen LogP contribution in [-0.4, -0.2) is 54.9 Å². The number of rotatable bonds is 2. The number of nitrogens with one attached hydrogen (secondary N) is 3. The summed E-state index contributed by atoms with van der Waals surface area (Å²) in [7, 11) is 3.22. The molecule has 0 unspecified atom stereocenters. The van der Waals surface area contributed by atoms with Gasteiger partial charge >= 0.3 is 6.03 Å². The maximum Gasteiger partial charge on any atom is 0.328 e. The van der Waals surface area contributed by atoms with E-state index in [9.17, 15) is 9.59 Å². The minimum absolute atomic E-state index is 0.113. The lowest BCUT2D eigenvalue weighted by Crippen LogP contribution is -2.46. The molecule has 8 nitrogen and oxygen atoms in total. The van der Waals surface area contributed by atoms with Crippen LogP contribution in [0, 0.1) is 5.41 Å². The first kappa shape index (κ1) is 15.2. The lowest BCUT2D eigenvalue weighted by molar-refractivity contribution is -0.117. The summed E-state index contributed by atoms with van der Waals surface area (Å²) in [6, 6.07) is -0.767. The Kier molecular flexibility index (Phi) is 6.71. The van der Waals surface area contributed by atoms with Crippen LogP contribution < -0.4 is 16.4 Å². The van der Waals surface area contributed by atoms with Crippen molar-refractivity contribution in [3.05, 3.63) is 0 Å². The zero-order valence-corrected chi connectivity index (χ0v) is 10.7. The van der Waals surface area contributed by atoms with E-state index in [2.05, 4.69) is 15.6 Å². The Morgan fingerprint density at radius 3 is 2.47 bits per heavy atom. The Morgan fingerprint density at radius 2 is 2.00 bits per heavy atom. The summed E-state index contributed by atoms with van der Waals surface area (Å²) in [5.41, 5.74) is 5.36. The molecule has 96 valence electrons. The van der Waals surface area contributed by atoms with E-state index < -0.39 is 11.9 Å². The number of amides is 3. The second-order valence-electron chi connectivity index (χ2n) is 3.15. The molecule has 5 N–H and O–H groups in total. The minimum atomic E-state index is -0.767. The number of thioether (sulfide) groups is 1. The summed E-state index contributed by atoms with van der Waals surface area (Å²) in [5, 5.41) is 11.5. The summed E-state index contributed by atoms with van der Waals surface area (Å²) in [5.74, 6) is -0.611. The number of imide groups is 1. The molecule has 0 saturated heterocycles. The molecular formula is C8H16N6O2S. The number of carbonyl (C=O) groups excluding carboxylic acids is 2. The topological polar surface area (TPSA) is 124 Å². The minimum Gasteiger partial charge on any atom is -0.369 e. The van der Waals surface area contributed by atoms with Crippen LogP contribution in [0.4, 0.5) is 4.79 Å². The molecule has 0 rings (SSSR count). The van der Waals surface area contributed by atoms with Gasteiger partial charge in [0.05, 0.1) is 5.75 Å². The zero-order chi connectivity index (χ0) is 13.4. The second-order valence-corrected chi connectivity index (χ2v) is 4.02. The van der Waals surface area contributed by atoms with Gasteiger partial charge in [-0.25, -0.2) is 4.79 Å². The molecule has 0 aromatic rings. The summed E-state index contributed by atoms with van der Waals surface area (Å²) in [6.45, 7) is 0. The molecule has 9 heteroatoms. The van der Waals surface area contributed by atoms with Crippen LogP contribution in [0.15, 0.2) is 4.99 Å². The van der Waals surface area contributed by atoms with E-state index >= 15 is 0 Å². The number of hydrogen-bond acceptors (Lipinski definition) is 4. The van der Waals surface area contributed by atoms with Gasteiger partial charge < -0.3 is 10.6 Å². The van der Waals surface area contributed by atoms with Crippen molar-refractivity contribution in [1.82, 2.24) is 15.5 Å². The third-order valence-corrected chi connectivity index (χ3v) is 1.97. The molecule has 0 aliphatic heterocycles. The Labute approximate surface area is 104 Å². The molecule has 0 atom stereocenters. The van der Waals surface area contributed by atoms with Gasteiger partial charge in [-0.1, -0.05) is 0 Å². The van der Waals surface area contributed by atoms with Gasteiger partial charge in [0.2, 0.25) is 17.8 Å². The highest BCUT2D eigenvalue weighted by Crippen LogP contribution is 1.88. The van der Waals surface area contributed by atoms with Crippen LogP contribution in [0.25, 0.3) is 0 Å². The van der Waals surface area contributed by atoms with Gasteiger partial charge in [0.25, 0.3) is 0 Å². The van der Waals surface area contributed by atoms with Gasteiger partial charge in [-0.2, -0.15) is 16.8 Å². The number of urea groups is 1. The van der Waals surface area contributed by atoms with Crippen molar-refractivity contribution >= 4 is 35.6 Å². The van der Waals surface area contributed by atoms with Crippen molar-refractivity contribution in [2.75, 3.05) is 26.1 Å². The van der Waals surface area contributed by atoms with Gasteiger partial charge in [-0.3, -0.25) is 20.8 Å². The molecule has 17 heavy (non-hydrogen) atoms. The number of guanidine groups is 2. The third-order valence-electron chi connectivity index (χ3n) is 1.42. The lowest BCUT2D eigenvalue weighted by Gasteiger charge is -2.10. The molecule has 0 fully saturated rings. The maximum atomic E-state index is 11.2. The normalized spacial score (nSPS) is 10.6. The summed E-state index contributed by atoms with van der Waals surface area (Å²) < 4.78 is 0. The SMILES string of the molecule is CSCC(=O)NC(=O)NC(N)=NC(=N)N(C)C. The Morgan fingerprint density at radius 1 is 1.41 bits per heavy atom. The highest BCUT2D eigenvalue weighted by atomic mass is 32.2. The number of aliphatic imine (C=N–C) groups is 1. The molecule has 3 amide bonds. The molecule has 0 aliphatic carbocycles. The molecule has 0 aromatic heterocycles. The van der Waals surface area contributed by atoms with Gasteiger partial charge in [-0.05, 0) is 6.26 Å². The van der Waals surface area contributed by atoms with Crippen molar-refractivity contribution in [2.45, 2.75) is 0 Å². The van der Waals surface area contributed by atoms with E-state index in [0.717, 1.165) is 0 Å². The van der Waals surface area contributed by atoms with Crippen molar-refractivity contribution in [2.24, 2.45) is 10.7 Å². The third kappa shape index (κ3) is 7.17. The van der Waals surface area contributed by atoms with Gasteiger partial charge in [0.1, 0.15) is 0 Å².